The van der Waals surface area contributed by atoms with Crippen molar-refractivity contribution < 1.29 is 9.18 Å². The Hall–Kier alpha value is -1.91. The molecule has 0 aromatic heterocycles. The lowest BCUT2D eigenvalue weighted by Crippen LogP contribution is -2.25. The second-order valence-corrected chi connectivity index (χ2v) is 5.66. The van der Waals surface area contributed by atoms with Crippen LogP contribution in [-0.4, -0.2) is 11.9 Å². The highest BCUT2D eigenvalue weighted by atomic mass is 19.1. The fraction of sp³-hybridized carbons (Fsp3) is 0.429. The highest BCUT2D eigenvalue weighted by molar-refractivity contribution is 5.95. The molecule has 1 amide bonds. The van der Waals surface area contributed by atoms with Crippen LogP contribution in [0.1, 0.15) is 30.9 Å². The summed E-state index contributed by atoms with van der Waals surface area (Å²) in [6, 6.07) is 4.93. The van der Waals surface area contributed by atoms with Crippen LogP contribution in [0.4, 0.5) is 4.39 Å². The second-order valence-electron chi connectivity index (χ2n) is 5.66. The van der Waals surface area contributed by atoms with Gasteiger partial charge in [0.2, 0.25) is 0 Å². The van der Waals surface area contributed by atoms with Crippen LogP contribution in [0.3, 0.4) is 0 Å². The van der Waals surface area contributed by atoms with Crippen molar-refractivity contribution in [2.24, 2.45) is 27.8 Å². The quantitative estimate of drug-likeness (QED) is 0.629. The van der Waals surface area contributed by atoms with Gasteiger partial charge in [0.1, 0.15) is 5.82 Å². The Bertz CT molecular complexity index is 562. The number of nitrogens with zero attached hydrogens (tertiary/aromatic N) is 1. The number of carbonyl (C=O) groups excluding carboxylic acids is 1. The van der Waals surface area contributed by atoms with Crippen LogP contribution < -0.4 is 11.5 Å². The molecule has 0 radical (unpaired) electrons. The monoisotopic (exact) mass is 263 g/mol. The van der Waals surface area contributed by atoms with Gasteiger partial charge in [-0.25, -0.2) is 4.39 Å². The van der Waals surface area contributed by atoms with Crippen molar-refractivity contribution in [3.63, 3.8) is 0 Å². The number of halogens is 1. The molecule has 0 heterocycles. The number of guanidine groups is 1. The van der Waals surface area contributed by atoms with Crippen LogP contribution in [0.25, 0.3) is 0 Å². The molecule has 4 N–H and O–H groups in total. The average molecular weight is 263 g/mol. The Kier molecular flexibility index (Phi) is 3.08. The van der Waals surface area contributed by atoms with Gasteiger partial charge < -0.3 is 11.5 Å². The third-order valence-corrected chi connectivity index (χ3v) is 3.87. The van der Waals surface area contributed by atoms with Crippen molar-refractivity contribution in [1.29, 1.82) is 0 Å². The van der Waals surface area contributed by atoms with Gasteiger partial charge in [-0.2, -0.15) is 4.99 Å². The fourth-order valence-electron chi connectivity index (χ4n) is 2.78. The lowest BCUT2D eigenvalue weighted by Gasteiger charge is -2.04. The highest BCUT2D eigenvalue weighted by Crippen LogP contribution is 2.64. The summed E-state index contributed by atoms with van der Waals surface area (Å²) in [6.45, 7) is 5.68. The minimum atomic E-state index is -0.308. The largest absolute Gasteiger partial charge is 0.370 e. The van der Waals surface area contributed by atoms with E-state index in [0.717, 1.165) is 5.56 Å². The number of hydrogen-bond donors (Lipinski definition) is 2. The van der Waals surface area contributed by atoms with E-state index < -0.39 is 0 Å². The molecule has 0 saturated heterocycles. The zero-order valence-electron chi connectivity index (χ0n) is 11.3. The van der Waals surface area contributed by atoms with E-state index in [0.29, 0.717) is 5.56 Å². The maximum Gasteiger partial charge on any atom is 0.253 e. The Labute approximate surface area is 111 Å². The maximum atomic E-state index is 13.3. The minimum Gasteiger partial charge on any atom is -0.370 e. The topological polar surface area (TPSA) is 81.5 Å². The second kappa shape index (κ2) is 4.33. The van der Waals surface area contributed by atoms with Crippen LogP contribution in [0.5, 0.6) is 0 Å². The Morgan fingerprint density at radius 1 is 1.37 bits per heavy atom. The van der Waals surface area contributed by atoms with E-state index in [1.807, 2.05) is 13.8 Å². The van der Waals surface area contributed by atoms with E-state index in [2.05, 4.69) is 4.99 Å². The van der Waals surface area contributed by atoms with Gasteiger partial charge in [0.25, 0.3) is 5.91 Å². The van der Waals surface area contributed by atoms with Gasteiger partial charge in [-0.1, -0.05) is 26.0 Å². The smallest absolute Gasteiger partial charge is 0.253 e. The Morgan fingerprint density at radius 2 is 2.00 bits per heavy atom. The number of benzene rings is 1. The van der Waals surface area contributed by atoms with Crippen LogP contribution in [0, 0.1) is 24.1 Å². The van der Waals surface area contributed by atoms with Gasteiger partial charge >= 0.3 is 0 Å². The Balaban J connectivity index is 2.29. The van der Waals surface area contributed by atoms with Crippen molar-refractivity contribution in [2.75, 3.05) is 0 Å². The molecule has 102 valence electrons. The third kappa shape index (κ3) is 2.32. The Morgan fingerprint density at radius 3 is 2.53 bits per heavy atom. The molecule has 1 aromatic carbocycles. The highest BCUT2D eigenvalue weighted by Gasteiger charge is 2.62. The van der Waals surface area contributed by atoms with Crippen LogP contribution in [0.15, 0.2) is 23.2 Å². The molecule has 1 aliphatic rings. The fourth-order valence-corrected chi connectivity index (χ4v) is 2.78. The van der Waals surface area contributed by atoms with Gasteiger partial charge in [-0.3, -0.25) is 4.79 Å². The molecule has 0 spiro atoms. The first-order valence-electron chi connectivity index (χ1n) is 6.14. The molecule has 5 heteroatoms. The van der Waals surface area contributed by atoms with Crippen molar-refractivity contribution in [2.45, 2.75) is 26.7 Å². The summed E-state index contributed by atoms with van der Waals surface area (Å²) in [6.07, 6.45) is 0. The molecule has 4 nitrogen and oxygen atoms in total. The van der Waals surface area contributed by atoms with Gasteiger partial charge in [-0.15, -0.1) is 0 Å². The van der Waals surface area contributed by atoms with Gasteiger partial charge in [-0.05, 0) is 29.5 Å². The maximum absolute atomic E-state index is 13.3. The van der Waals surface area contributed by atoms with E-state index >= 15 is 0 Å². The lowest BCUT2D eigenvalue weighted by molar-refractivity contribution is -0.119. The molecule has 1 saturated carbocycles. The molecule has 1 aliphatic carbocycles. The third-order valence-electron chi connectivity index (χ3n) is 3.87. The first-order chi connectivity index (χ1) is 8.75. The average Bonchev–Trinajstić information content (AvgIpc) is 2.85. The van der Waals surface area contributed by atoms with E-state index in [-0.39, 0.29) is 34.9 Å². The molecule has 0 unspecified atom stereocenters. The number of hydrogen-bond acceptors (Lipinski definition) is 1. The zero-order chi connectivity index (χ0) is 14.4. The van der Waals surface area contributed by atoms with E-state index in [1.165, 1.54) is 6.07 Å². The van der Waals surface area contributed by atoms with Gasteiger partial charge in [0, 0.05) is 5.92 Å². The number of rotatable bonds is 2. The summed E-state index contributed by atoms with van der Waals surface area (Å²) in [5.74, 6) is -0.991. The molecule has 1 aromatic rings. The molecule has 2 rings (SSSR count). The summed E-state index contributed by atoms with van der Waals surface area (Å²) < 4.78 is 13.3. The number of carbonyl (C=O) groups is 1. The normalized spacial score (nSPS) is 23.8. The molecule has 0 bridgehead atoms. The van der Waals surface area contributed by atoms with Crippen molar-refractivity contribution >= 4 is 11.9 Å². The zero-order valence-corrected chi connectivity index (χ0v) is 11.3. The van der Waals surface area contributed by atoms with E-state index in [1.54, 1.807) is 19.1 Å². The van der Waals surface area contributed by atoms with Gasteiger partial charge in [0.15, 0.2) is 5.96 Å². The summed E-state index contributed by atoms with van der Waals surface area (Å²) in [5.41, 5.74) is 11.8. The minimum absolute atomic E-state index is 0.0300. The van der Waals surface area contributed by atoms with Crippen molar-refractivity contribution in [1.82, 2.24) is 0 Å². The van der Waals surface area contributed by atoms with Gasteiger partial charge in [0.05, 0.1) is 5.92 Å². The molecule has 2 atom stereocenters. The van der Waals surface area contributed by atoms with Crippen LogP contribution >= 0.6 is 0 Å². The molecule has 1 fully saturated rings. The number of aryl methyl sites for hydroxylation is 1. The number of amides is 1. The first-order valence-corrected chi connectivity index (χ1v) is 6.14. The summed E-state index contributed by atoms with van der Waals surface area (Å²) in [4.78, 5) is 15.6. The summed E-state index contributed by atoms with van der Waals surface area (Å²) >= 11 is 0. The number of aliphatic imine (C=N–C) groups is 1. The molecular weight excluding hydrogens is 245 g/mol. The predicted octanol–water partition coefficient (Wildman–Crippen LogP) is 1.67. The summed E-state index contributed by atoms with van der Waals surface area (Å²) in [5, 5.41) is 0. The summed E-state index contributed by atoms with van der Waals surface area (Å²) in [7, 11) is 0. The van der Waals surface area contributed by atoms with Crippen molar-refractivity contribution in [3.8, 4) is 0 Å². The van der Waals surface area contributed by atoms with Crippen LogP contribution in [-0.2, 0) is 4.79 Å². The number of nitrogens with two attached hydrogens (primary N) is 2. The lowest BCUT2D eigenvalue weighted by atomic mass is 10.0. The molecular formula is C14H18FN3O. The predicted molar refractivity (Wildman–Crippen MR) is 72.0 cm³/mol. The SMILES string of the molecule is Cc1cc([C@@H]2[C@@H](C(=O)N=C(N)N)C2(C)C)ccc1F. The van der Waals surface area contributed by atoms with Crippen LogP contribution in [0.2, 0.25) is 0 Å². The van der Waals surface area contributed by atoms with Crippen molar-refractivity contribution in [3.05, 3.63) is 35.1 Å². The van der Waals surface area contributed by atoms with E-state index in [9.17, 15) is 9.18 Å². The van der Waals surface area contributed by atoms with E-state index in [4.69, 9.17) is 11.5 Å². The first kappa shape index (κ1) is 13.5. The molecule has 19 heavy (non-hydrogen) atoms. The molecule has 0 aliphatic heterocycles. The standard InChI is InChI=1S/C14H18FN3O/c1-7-6-8(4-5-9(7)15)10-11(14(10,2)3)12(19)18-13(16)17/h4-6,10-11H,1-3H3,(H4,16,17,18,19)/t10-,11+/m1/s1.